The first kappa shape index (κ1) is 26.7. The summed E-state index contributed by atoms with van der Waals surface area (Å²) in [5.74, 6) is -3.54. The third kappa shape index (κ3) is 4.33. The van der Waals surface area contributed by atoms with Crippen molar-refractivity contribution >= 4 is 17.8 Å². The summed E-state index contributed by atoms with van der Waals surface area (Å²) in [4.78, 5) is 33.0. The number of amides is 2. The van der Waals surface area contributed by atoms with Gasteiger partial charge in [0.1, 0.15) is 18.0 Å². The zero-order valence-corrected chi connectivity index (χ0v) is 22.7. The Bertz CT molecular complexity index is 1420. The lowest BCUT2D eigenvalue weighted by molar-refractivity contribution is -0.132. The van der Waals surface area contributed by atoms with Crippen LogP contribution in [-0.2, 0) is 17.1 Å². The van der Waals surface area contributed by atoms with E-state index in [9.17, 15) is 14.7 Å². The number of aliphatic imine (C=N–C) groups is 1. The highest BCUT2D eigenvalue weighted by Crippen LogP contribution is 2.51. The predicted octanol–water partition coefficient (Wildman–Crippen LogP) is 4.26. The number of ether oxygens (including phenoxy) is 1. The Balaban J connectivity index is 1.47. The standard InChI is InChI=1S/C30H34F2N4O4/c1-3-29-11-5-4-6-17-7-10-23-20(12-17)25(28(2,39)16-40-23)34-26(38)18-8-9-21-19(13-18)22(14-30(21,31)32)36(24(37)15-29)27(33)35-29/h7-10,12-13,22,25,39H,3-6,11,14-16H2,1-2H3,(H2,33,35)(H,34,38)/t22-,25-,28-,29-/m1/s1. The van der Waals surface area contributed by atoms with Gasteiger partial charge in [0.25, 0.3) is 11.8 Å². The minimum Gasteiger partial charge on any atom is -0.490 e. The molecule has 2 amide bonds. The van der Waals surface area contributed by atoms with Crippen LogP contribution in [0.2, 0.25) is 0 Å². The summed E-state index contributed by atoms with van der Waals surface area (Å²) in [5.41, 5.74) is 6.07. The first-order chi connectivity index (χ1) is 18.9. The lowest BCUT2D eigenvalue weighted by Crippen LogP contribution is -2.52. The molecule has 0 saturated heterocycles. The van der Waals surface area contributed by atoms with E-state index >= 15 is 8.78 Å². The fourth-order valence-corrected chi connectivity index (χ4v) is 6.68. The maximum Gasteiger partial charge on any atom is 0.275 e. The zero-order chi connectivity index (χ0) is 28.4. The molecule has 6 bridgehead atoms. The van der Waals surface area contributed by atoms with Gasteiger partial charge < -0.3 is 20.9 Å². The largest absolute Gasteiger partial charge is 0.490 e. The number of halogens is 2. The van der Waals surface area contributed by atoms with E-state index < -0.39 is 41.5 Å². The Kier molecular flexibility index (Phi) is 6.18. The molecule has 2 aromatic carbocycles. The Hall–Kier alpha value is -3.53. The van der Waals surface area contributed by atoms with Gasteiger partial charge in [-0.15, -0.1) is 0 Å². The van der Waals surface area contributed by atoms with Gasteiger partial charge in [0, 0.05) is 23.1 Å². The van der Waals surface area contributed by atoms with Crippen molar-refractivity contribution in [1.82, 2.24) is 10.2 Å². The molecule has 212 valence electrons. The highest BCUT2D eigenvalue weighted by Gasteiger charge is 2.51. The molecule has 8 nitrogen and oxygen atoms in total. The van der Waals surface area contributed by atoms with E-state index in [1.807, 2.05) is 25.1 Å². The van der Waals surface area contributed by atoms with Crippen LogP contribution in [0.5, 0.6) is 5.75 Å². The number of carbonyl (C=O) groups is 2. The number of alkyl halides is 2. The van der Waals surface area contributed by atoms with Crippen molar-refractivity contribution in [2.45, 2.75) is 87.9 Å². The second-order valence-corrected chi connectivity index (χ2v) is 11.8. The van der Waals surface area contributed by atoms with Gasteiger partial charge in [-0.2, -0.15) is 0 Å². The number of fused-ring (bicyclic) bond motifs is 5. The number of aliphatic hydroxyl groups is 1. The second kappa shape index (κ2) is 9.26. The molecule has 4 aliphatic heterocycles. The molecule has 1 aliphatic carbocycles. The van der Waals surface area contributed by atoms with E-state index in [1.165, 1.54) is 23.1 Å². The summed E-state index contributed by atoms with van der Waals surface area (Å²) in [6.45, 7) is 3.55. The third-order valence-corrected chi connectivity index (χ3v) is 8.99. The molecular formula is C30H34F2N4O4. The monoisotopic (exact) mass is 552 g/mol. The van der Waals surface area contributed by atoms with Gasteiger partial charge in [-0.05, 0) is 68.0 Å². The van der Waals surface area contributed by atoms with E-state index in [-0.39, 0.29) is 41.6 Å². The highest BCUT2D eigenvalue weighted by molar-refractivity contribution is 6.00. The summed E-state index contributed by atoms with van der Waals surface area (Å²) in [7, 11) is 0. The third-order valence-electron chi connectivity index (χ3n) is 8.99. The lowest BCUT2D eigenvalue weighted by Gasteiger charge is -2.40. The summed E-state index contributed by atoms with van der Waals surface area (Å²) in [5, 5.41) is 14.1. The molecule has 4 atom stereocenters. The smallest absolute Gasteiger partial charge is 0.275 e. The Morgan fingerprint density at radius 3 is 2.73 bits per heavy atom. The molecular weight excluding hydrogens is 518 g/mol. The Labute approximate surface area is 231 Å². The van der Waals surface area contributed by atoms with Crippen LogP contribution in [0.1, 0.15) is 97.1 Å². The molecule has 5 aliphatic rings. The van der Waals surface area contributed by atoms with E-state index in [2.05, 4.69) is 5.32 Å². The Morgan fingerprint density at radius 2 is 1.98 bits per heavy atom. The number of benzene rings is 2. The molecule has 0 fully saturated rings. The summed E-state index contributed by atoms with van der Waals surface area (Å²) < 4.78 is 36.2. The van der Waals surface area contributed by atoms with E-state index in [0.29, 0.717) is 24.2 Å². The van der Waals surface area contributed by atoms with Crippen LogP contribution in [0.25, 0.3) is 0 Å². The number of hydrogen-bond acceptors (Lipinski definition) is 6. The maximum absolute atomic E-state index is 15.2. The van der Waals surface area contributed by atoms with Gasteiger partial charge in [-0.25, -0.2) is 13.8 Å². The van der Waals surface area contributed by atoms with Crippen molar-refractivity contribution in [2.24, 2.45) is 10.7 Å². The van der Waals surface area contributed by atoms with Gasteiger partial charge >= 0.3 is 0 Å². The predicted molar refractivity (Wildman–Crippen MR) is 144 cm³/mol. The normalized spacial score (nSPS) is 31.1. The zero-order valence-electron chi connectivity index (χ0n) is 22.7. The molecule has 0 aromatic heterocycles. The van der Waals surface area contributed by atoms with Gasteiger partial charge in [0.2, 0.25) is 5.91 Å². The fourth-order valence-electron chi connectivity index (χ4n) is 6.68. The van der Waals surface area contributed by atoms with E-state index in [1.54, 1.807) is 6.92 Å². The first-order valence-corrected chi connectivity index (χ1v) is 13.9. The lowest BCUT2D eigenvalue weighted by atomic mass is 9.84. The molecule has 0 spiro atoms. The van der Waals surface area contributed by atoms with Gasteiger partial charge in [-0.3, -0.25) is 14.5 Å². The van der Waals surface area contributed by atoms with Crippen LogP contribution in [0.4, 0.5) is 8.78 Å². The van der Waals surface area contributed by atoms with Crippen molar-refractivity contribution in [3.05, 3.63) is 64.2 Å². The highest BCUT2D eigenvalue weighted by atomic mass is 19.3. The number of nitrogens with two attached hydrogens (primary N) is 1. The SMILES string of the molecule is CC[C@@]12CCCCc3ccc4c(c3)[C@@H](NC(=O)c3ccc5c(c3)[C@@H](CC5(F)F)N(C(=O)C1)C(N)=N2)[C@](C)(O)CO4. The summed E-state index contributed by atoms with van der Waals surface area (Å²) in [6, 6.07) is 7.96. The molecule has 4 heterocycles. The van der Waals surface area contributed by atoms with Crippen LogP contribution >= 0.6 is 0 Å². The molecule has 7 rings (SSSR count). The quantitative estimate of drug-likeness (QED) is 0.489. The molecule has 40 heavy (non-hydrogen) atoms. The second-order valence-electron chi connectivity index (χ2n) is 11.8. The number of rotatable bonds is 1. The molecule has 0 radical (unpaired) electrons. The molecule has 0 saturated carbocycles. The van der Waals surface area contributed by atoms with Crippen LogP contribution in [0, 0.1) is 0 Å². The minimum atomic E-state index is -3.20. The van der Waals surface area contributed by atoms with Gasteiger partial charge in [0.15, 0.2) is 5.96 Å². The number of guanidine groups is 1. The van der Waals surface area contributed by atoms with Crippen LogP contribution in [0.15, 0.2) is 41.4 Å². The number of aryl methyl sites for hydroxylation is 1. The topological polar surface area (TPSA) is 117 Å². The van der Waals surface area contributed by atoms with Crippen molar-refractivity contribution in [3.63, 3.8) is 0 Å². The van der Waals surface area contributed by atoms with Crippen LogP contribution < -0.4 is 15.8 Å². The first-order valence-electron chi connectivity index (χ1n) is 13.9. The van der Waals surface area contributed by atoms with E-state index in [4.69, 9.17) is 15.5 Å². The average molecular weight is 553 g/mol. The van der Waals surface area contributed by atoms with E-state index in [0.717, 1.165) is 24.8 Å². The number of nitrogens with zero attached hydrogens (tertiary/aromatic N) is 2. The molecule has 10 heteroatoms. The van der Waals surface area contributed by atoms with Crippen molar-refractivity contribution in [2.75, 3.05) is 6.61 Å². The maximum atomic E-state index is 15.2. The number of carbonyl (C=O) groups excluding carboxylic acids is 2. The van der Waals surface area contributed by atoms with Crippen molar-refractivity contribution in [3.8, 4) is 5.75 Å². The Morgan fingerprint density at radius 1 is 1.18 bits per heavy atom. The van der Waals surface area contributed by atoms with Crippen LogP contribution in [-0.4, -0.2) is 45.5 Å². The molecule has 4 N–H and O–H groups in total. The van der Waals surface area contributed by atoms with Crippen molar-refractivity contribution in [1.29, 1.82) is 0 Å². The van der Waals surface area contributed by atoms with Crippen LogP contribution in [0.3, 0.4) is 0 Å². The van der Waals surface area contributed by atoms with Gasteiger partial charge in [-0.1, -0.05) is 25.5 Å². The average Bonchev–Trinajstić information content (AvgIpc) is 3.17. The fraction of sp³-hybridized carbons (Fsp3) is 0.500. The number of nitrogens with one attached hydrogen (secondary N) is 1. The summed E-state index contributed by atoms with van der Waals surface area (Å²) >= 11 is 0. The molecule has 0 unspecified atom stereocenters. The molecule has 2 aromatic rings. The summed E-state index contributed by atoms with van der Waals surface area (Å²) in [6.07, 6.45) is 3.06. The van der Waals surface area contributed by atoms with Crippen molar-refractivity contribution < 1.29 is 28.2 Å². The van der Waals surface area contributed by atoms with Gasteiger partial charge in [0.05, 0.1) is 24.0 Å². The number of hydrogen-bond donors (Lipinski definition) is 3. The minimum absolute atomic E-state index is 0.0163.